The van der Waals surface area contributed by atoms with E-state index in [2.05, 4.69) is 35.6 Å². The summed E-state index contributed by atoms with van der Waals surface area (Å²) < 4.78 is 4.73. The third-order valence-electron chi connectivity index (χ3n) is 4.02. The van der Waals surface area contributed by atoms with Crippen molar-refractivity contribution in [2.45, 2.75) is 44.2 Å². The zero-order valence-corrected chi connectivity index (χ0v) is 15.9. The fourth-order valence-corrected chi connectivity index (χ4v) is 5.21. The minimum absolute atomic E-state index is 0.0419. The van der Waals surface area contributed by atoms with Crippen LogP contribution in [0.5, 0.6) is 0 Å². The highest BCUT2D eigenvalue weighted by molar-refractivity contribution is 9.10. The topological polar surface area (TPSA) is 88.0 Å². The lowest BCUT2D eigenvalue weighted by atomic mass is 9.84. The number of carbonyl (C=O) groups is 1. The Morgan fingerprint density at radius 1 is 1.57 bits per heavy atom. The lowest BCUT2D eigenvalue weighted by Crippen LogP contribution is -2.49. The van der Waals surface area contributed by atoms with Gasteiger partial charge in [-0.2, -0.15) is 4.37 Å². The molecule has 6 nitrogen and oxygen atoms in total. The smallest absolute Gasteiger partial charge is 0.323 e. The van der Waals surface area contributed by atoms with E-state index >= 15 is 0 Å². The van der Waals surface area contributed by atoms with Crippen molar-refractivity contribution < 1.29 is 9.90 Å². The molecular weight excluding hydrogens is 400 g/mol. The number of nitrogens with one attached hydrogen (secondary N) is 1. The van der Waals surface area contributed by atoms with Gasteiger partial charge in [0.2, 0.25) is 4.73 Å². The van der Waals surface area contributed by atoms with Gasteiger partial charge >= 0.3 is 5.97 Å². The molecule has 3 atom stereocenters. The third kappa shape index (κ3) is 3.33. The van der Waals surface area contributed by atoms with Gasteiger partial charge < -0.3 is 5.11 Å². The third-order valence-corrected chi connectivity index (χ3v) is 6.31. The first-order valence-electron chi connectivity index (χ1n) is 7.31. The number of halogens is 1. The van der Waals surface area contributed by atoms with Gasteiger partial charge in [-0.1, -0.05) is 13.8 Å². The number of carboxylic acids is 1. The molecule has 0 aliphatic carbocycles. The molecular formula is C14H17BrN4O2S2. The molecule has 0 saturated carbocycles. The number of carboxylic acid groups (broad SMARTS) is 1. The first-order chi connectivity index (χ1) is 10.9. The Hall–Kier alpha value is -0.900. The molecule has 0 radical (unpaired) electrons. The van der Waals surface area contributed by atoms with E-state index in [4.69, 9.17) is 0 Å². The molecule has 1 saturated heterocycles. The van der Waals surface area contributed by atoms with E-state index in [-0.39, 0.29) is 17.9 Å². The predicted molar refractivity (Wildman–Crippen MR) is 92.8 cm³/mol. The summed E-state index contributed by atoms with van der Waals surface area (Å²) in [5.74, 6) is -0.575. The van der Waals surface area contributed by atoms with Crippen molar-refractivity contribution in [1.82, 2.24) is 19.7 Å². The van der Waals surface area contributed by atoms with E-state index in [0.717, 1.165) is 10.0 Å². The average Bonchev–Trinajstić information content (AvgIpc) is 3.16. The van der Waals surface area contributed by atoms with Crippen LogP contribution >= 0.6 is 38.8 Å². The van der Waals surface area contributed by atoms with Gasteiger partial charge in [-0.25, -0.2) is 9.97 Å². The van der Waals surface area contributed by atoms with Gasteiger partial charge in [0.15, 0.2) is 0 Å². The van der Waals surface area contributed by atoms with Gasteiger partial charge in [0, 0.05) is 17.5 Å². The second-order valence-corrected chi connectivity index (χ2v) is 8.61. The monoisotopic (exact) mass is 416 g/mol. The zero-order valence-electron chi connectivity index (χ0n) is 12.7. The van der Waals surface area contributed by atoms with Gasteiger partial charge in [-0.3, -0.25) is 10.1 Å². The largest absolute Gasteiger partial charge is 0.480 e. The second kappa shape index (κ2) is 6.54. The molecule has 2 N–H and O–H groups in total. The van der Waals surface area contributed by atoms with Crippen LogP contribution in [0.2, 0.25) is 0 Å². The van der Waals surface area contributed by atoms with Crippen LogP contribution in [0.1, 0.15) is 48.7 Å². The van der Waals surface area contributed by atoms with Crippen LogP contribution < -0.4 is 5.32 Å². The number of thiazole rings is 1. The summed E-state index contributed by atoms with van der Waals surface area (Å²) in [6, 6.07) is -0.148. The summed E-state index contributed by atoms with van der Waals surface area (Å²) in [6.45, 7) is 4.08. The predicted octanol–water partition coefficient (Wildman–Crippen LogP) is 3.44. The molecule has 1 aliphatic rings. The highest BCUT2D eigenvalue weighted by atomic mass is 79.9. The number of aliphatic carboxylic acids is 1. The number of hydrogen-bond donors (Lipinski definition) is 2. The zero-order chi connectivity index (χ0) is 16.6. The summed E-state index contributed by atoms with van der Waals surface area (Å²) in [6.07, 6.45) is 2.81. The van der Waals surface area contributed by atoms with Crippen molar-refractivity contribution in [3.05, 3.63) is 26.3 Å². The van der Waals surface area contributed by atoms with Crippen LogP contribution in [0.25, 0.3) is 0 Å². The molecule has 124 valence electrons. The highest BCUT2D eigenvalue weighted by Crippen LogP contribution is 2.47. The Bertz CT molecular complexity index is 691. The van der Waals surface area contributed by atoms with Gasteiger partial charge in [0.25, 0.3) is 0 Å². The maximum Gasteiger partial charge on any atom is 0.323 e. The van der Waals surface area contributed by atoms with Gasteiger partial charge in [-0.05, 0) is 46.2 Å². The fraction of sp³-hybridized carbons (Fsp3) is 0.571. The molecule has 0 spiro atoms. The second-order valence-electron chi connectivity index (χ2n) is 6.19. The first kappa shape index (κ1) is 16.9. The minimum atomic E-state index is -0.951. The molecule has 2 aromatic rings. The highest BCUT2D eigenvalue weighted by Gasteiger charge is 2.52. The molecule has 2 aromatic heterocycles. The van der Waals surface area contributed by atoms with Crippen molar-refractivity contribution in [1.29, 1.82) is 0 Å². The molecule has 0 amide bonds. The summed E-state index contributed by atoms with van der Waals surface area (Å²) in [4.78, 5) is 20.9. The number of aromatic nitrogens is 3. The normalized spacial score (nSPS) is 27.7. The summed E-state index contributed by atoms with van der Waals surface area (Å²) in [5.41, 5.74) is -0.951. The molecule has 1 fully saturated rings. The van der Waals surface area contributed by atoms with E-state index < -0.39 is 11.5 Å². The Morgan fingerprint density at radius 3 is 2.87 bits per heavy atom. The maximum atomic E-state index is 12.0. The quantitative estimate of drug-likeness (QED) is 0.775. The summed E-state index contributed by atoms with van der Waals surface area (Å²) in [5, 5.41) is 16.9. The van der Waals surface area contributed by atoms with Crippen LogP contribution in [0.3, 0.4) is 0 Å². The molecule has 0 aromatic carbocycles. The molecule has 9 heteroatoms. The minimum Gasteiger partial charge on any atom is -0.480 e. The fourth-order valence-electron chi connectivity index (χ4n) is 3.24. The van der Waals surface area contributed by atoms with Crippen molar-refractivity contribution >= 4 is 44.8 Å². The standard InChI is InChI=1S/C14H17BrN4O2S2/c1-7(2)5-14(12(20)21)6-8(10-17-13(15)19-23-10)9(18-14)11-16-3-4-22-11/h3-4,7-9,18H,5-6H2,1-2H3,(H,20,21)/t8-,9-,14+/m1/s1. The van der Waals surface area contributed by atoms with Crippen molar-refractivity contribution in [3.8, 4) is 0 Å². The molecule has 23 heavy (non-hydrogen) atoms. The number of hydrogen-bond acceptors (Lipinski definition) is 7. The Morgan fingerprint density at radius 2 is 2.35 bits per heavy atom. The van der Waals surface area contributed by atoms with Crippen LogP contribution in [0, 0.1) is 5.92 Å². The van der Waals surface area contributed by atoms with E-state index in [1.165, 1.54) is 22.9 Å². The van der Waals surface area contributed by atoms with Gasteiger partial charge in [0.05, 0.1) is 6.04 Å². The van der Waals surface area contributed by atoms with Crippen LogP contribution in [-0.2, 0) is 4.79 Å². The lowest BCUT2D eigenvalue weighted by molar-refractivity contribution is -0.145. The van der Waals surface area contributed by atoms with E-state index in [1.54, 1.807) is 6.20 Å². The lowest BCUT2D eigenvalue weighted by Gasteiger charge is -2.27. The van der Waals surface area contributed by atoms with Gasteiger partial charge in [-0.15, -0.1) is 11.3 Å². The SMILES string of the molecule is CC(C)C[C@@]1(C(=O)O)C[C@@H](c2nc(Br)ns2)[C@H](c2nccs2)N1. The Labute approximate surface area is 150 Å². The van der Waals surface area contributed by atoms with E-state index in [0.29, 0.717) is 17.6 Å². The van der Waals surface area contributed by atoms with Crippen molar-refractivity contribution in [2.75, 3.05) is 0 Å². The molecule has 1 aliphatic heterocycles. The van der Waals surface area contributed by atoms with E-state index in [1.807, 2.05) is 19.2 Å². The molecule has 0 unspecified atom stereocenters. The average molecular weight is 417 g/mol. The van der Waals surface area contributed by atoms with Crippen molar-refractivity contribution in [2.24, 2.45) is 5.92 Å². The summed E-state index contributed by atoms with van der Waals surface area (Å²) >= 11 is 6.13. The number of nitrogens with zero attached hydrogens (tertiary/aromatic N) is 3. The Balaban J connectivity index is 2.00. The summed E-state index contributed by atoms with van der Waals surface area (Å²) in [7, 11) is 0. The number of rotatable bonds is 5. The maximum absolute atomic E-state index is 12.0. The van der Waals surface area contributed by atoms with Crippen LogP contribution in [-0.4, -0.2) is 31.0 Å². The Kier molecular flexibility index (Phi) is 4.82. The van der Waals surface area contributed by atoms with Gasteiger partial charge in [0.1, 0.15) is 15.6 Å². The van der Waals surface area contributed by atoms with Crippen LogP contribution in [0.15, 0.2) is 16.3 Å². The first-order valence-corrected chi connectivity index (χ1v) is 9.75. The molecule has 0 bridgehead atoms. The molecule has 3 rings (SSSR count). The van der Waals surface area contributed by atoms with Crippen molar-refractivity contribution in [3.63, 3.8) is 0 Å². The van der Waals surface area contributed by atoms with Crippen LogP contribution in [0.4, 0.5) is 0 Å². The van der Waals surface area contributed by atoms with E-state index in [9.17, 15) is 9.90 Å². The molecule has 3 heterocycles.